The van der Waals surface area contributed by atoms with Gasteiger partial charge in [0.1, 0.15) is 5.75 Å². The highest BCUT2D eigenvalue weighted by atomic mass is 16.5. The number of nitrogens with one attached hydrogen (secondary N) is 1. The normalized spacial score (nSPS) is 11.7. The van der Waals surface area contributed by atoms with Crippen molar-refractivity contribution in [1.82, 2.24) is 10.3 Å². The topological polar surface area (TPSA) is 57.9 Å². The Kier molecular flexibility index (Phi) is 4.91. The summed E-state index contributed by atoms with van der Waals surface area (Å²) in [5.74, 6) is 1.19. The van der Waals surface area contributed by atoms with Crippen molar-refractivity contribution < 1.29 is 4.74 Å². The summed E-state index contributed by atoms with van der Waals surface area (Å²) in [6.07, 6.45) is 1.81. The largest absolute Gasteiger partial charge is 0.439 e. The van der Waals surface area contributed by atoms with Crippen LogP contribution in [0.1, 0.15) is 36.6 Å². The van der Waals surface area contributed by atoms with Gasteiger partial charge in [-0.25, -0.2) is 4.98 Å². The molecule has 0 saturated heterocycles. The lowest BCUT2D eigenvalue weighted by Gasteiger charge is -2.13. The lowest BCUT2D eigenvalue weighted by molar-refractivity contribution is 0.458. The third-order valence-corrected chi connectivity index (χ3v) is 3.30. The van der Waals surface area contributed by atoms with Gasteiger partial charge >= 0.3 is 0 Å². The molecule has 1 N–H and O–H groups in total. The Labute approximate surface area is 125 Å². The van der Waals surface area contributed by atoms with E-state index in [1.165, 1.54) is 0 Å². The fourth-order valence-corrected chi connectivity index (χ4v) is 2.02. The molecule has 2 rings (SSSR count). The van der Waals surface area contributed by atoms with Crippen molar-refractivity contribution in [3.63, 3.8) is 0 Å². The van der Waals surface area contributed by atoms with Gasteiger partial charge in [-0.05, 0) is 43.7 Å². The van der Waals surface area contributed by atoms with Crippen LogP contribution >= 0.6 is 0 Å². The molecule has 0 aliphatic heterocycles. The molecule has 1 aromatic carbocycles. The summed E-state index contributed by atoms with van der Waals surface area (Å²) in [7, 11) is 0. The van der Waals surface area contributed by atoms with Crippen LogP contribution in [0, 0.1) is 18.3 Å². The van der Waals surface area contributed by atoms with Crippen LogP contribution in [0.25, 0.3) is 0 Å². The molecule has 0 bridgehead atoms. The smallest absolute Gasteiger partial charge is 0.219 e. The van der Waals surface area contributed by atoms with Crippen LogP contribution in [0.4, 0.5) is 0 Å². The standard InChI is InChI=1S/C17H19N3O/c1-4-19-13(3)15-7-8-17(20-11-15)21-16-9-14(10-18)6-5-12(16)2/h5-9,11,13,19H,4H2,1-3H3. The van der Waals surface area contributed by atoms with E-state index in [4.69, 9.17) is 10.00 Å². The number of ether oxygens (including phenoxy) is 1. The maximum atomic E-state index is 8.94. The maximum absolute atomic E-state index is 8.94. The molecule has 0 radical (unpaired) electrons. The van der Waals surface area contributed by atoms with Crippen LogP contribution in [-0.4, -0.2) is 11.5 Å². The highest BCUT2D eigenvalue weighted by Crippen LogP contribution is 2.25. The second-order valence-electron chi connectivity index (χ2n) is 4.90. The predicted octanol–water partition coefficient (Wildman–Crippen LogP) is 3.72. The summed E-state index contributed by atoms with van der Waals surface area (Å²) in [4.78, 5) is 4.33. The molecule has 1 atom stereocenters. The second kappa shape index (κ2) is 6.87. The van der Waals surface area contributed by atoms with E-state index in [2.05, 4.69) is 30.2 Å². The minimum absolute atomic E-state index is 0.264. The Bertz CT molecular complexity index is 644. The van der Waals surface area contributed by atoms with Gasteiger partial charge in [0.05, 0.1) is 11.6 Å². The molecule has 1 heterocycles. The van der Waals surface area contributed by atoms with Crippen LogP contribution in [-0.2, 0) is 0 Å². The van der Waals surface area contributed by atoms with Crippen LogP contribution in [0.3, 0.4) is 0 Å². The Balaban J connectivity index is 2.15. The van der Waals surface area contributed by atoms with Crippen molar-refractivity contribution in [2.45, 2.75) is 26.8 Å². The lowest BCUT2D eigenvalue weighted by Crippen LogP contribution is -2.17. The van der Waals surface area contributed by atoms with Crippen molar-refractivity contribution in [3.05, 3.63) is 53.2 Å². The molecule has 0 amide bonds. The Hall–Kier alpha value is -2.38. The van der Waals surface area contributed by atoms with Crippen molar-refractivity contribution >= 4 is 0 Å². The summed E-state index contributed by atoms with van der Waals surface area (Å²) in [6, 6.07) is 11.6. The molecule has 0 saturated carbocycles. The number of nitriles is 1. The Morgan fingerprint density at radius 1 is 1.33 bits per heavy atom. The third kappa shape index (κ3) is 3.80. The fraction of sp³-hybridized carbons (Fsp3) is 0.294. The highest BCUT2D eigenvalue weighted by molar-refractivity contribution is 5.43. The first-order chi connectivity index (χ1) is 10.1. The number of rotatable bonds is 5. The summed E-state index contributed by atoms with van der Waals surface area (Å²) in [6.45, 7) is 7.03. The third-order valence-electron chi connectivity index (χ3n) is 3.30. The van der Waals surface area contributed by atoms with Crippen LogP contribution in [0.15, 0.2) is 36.5 Å². The van der Waals surface area contributed by atoms with E-state index in [1.54, 1.807) is 12.1 Å². The molecule has 0 aliphatic rings. The molecule has 0 fully saturated rings. The number of benzene rings is 1. The molecule has 0 aliphatic carbocycles. The zero-order chi connectivity index (χ0) is 15.2. The van der Waals surface area contributed by atoms with E-state index in [1.807, 2.05) is 31.3 Å². The van der Waals surface area contributed by atoms with Crippen LogP contribution in [0.2, 0.25) is 0 Å². The summed E-state index contributed by atoms with van der Waals surface area (Å²) >= 11 is 0. The van der Waals surface area contributed by atoms with Crippen LogP contribution in [0.5, 0.6) is 11.6 Å². The van der Waals surface area contributed by atoms with Gasteiger partial charge in [-0.3, -0.25) is 0 Å². The van der Waals surface area contributed by atoms with Crippen LogP contribution < -0.4 is 10.1 Å². The van der Waals surface area contributed by atoms with Gasteiger partial charge in [0, 0.05) is 18.3 Å². The monoisotopic (exact) mass is 281 g/mol. The average Bonchev–Trinajstić information content (AvgIpc) is 2.50. The molecule has 108 valence electrons. The summed E-state index contributed by atoms with van der Waals surface area (Å²) in [5, 5.41) is 12.3. The minimum atomic E-state index is 0.264. The van der Waals surface area contributed by atoms with Crippen molar-refractivity contribution in [3.8, 4) is 17.7 Å². The molecule has 1 aromatic heterocycles. The van der Waals surface area contributed by atoms with E-state index in [0.29, 0.717) is 17.2 Å². The van der Waals surface area contributed by atoms with Crippen molar-refractivity contribution in [2.75, 3.05) is 6.54 Å². The minimum Gasteiger partial charge on any atom is -0.439 e. The number of aryl methyl sites for hydroxylation is 1. The number of hydrogen-bond acceptors (Lipinski definition) is 4. The van der Waals surface area contributed by atoms with Gasteiger partial charge in [-0.1, -0.05) is 19.1 Å². The van der Waals surface area contributed by atoms with Crippen molar-refractivity contribution in [2.24, 2.45) is 0 Å². The van der Waals surface area contributed by atoms with Gasteiger partial charge in [0.2, 0.25) is 5.88 Å². The Morgan fingerprint density at radius 3 is 2.76 bits per heavy atom. The Morgan fingerprint density at radius 2 is 2.14 bits per heavy atom. The highest BCUT2D eigenvalue weighted by Gasteiger charge is 2.07. The van der Waals surface area contributed by atoms with Gasteiger partial charge < -0.3 is 10.1 Å². The first-order valence-corrected chi connectivity index (χ1v) is 7.02. The quantitative estimate of drug-likeness (QED) is 0.907. The number of aromatic nitrogens is 1. The molecule has 4 nitrogen and oxygen atoms in total. The van der Waals surface area contributed by atoms with E-state index >= 15 is 0 Å². The number of nitrogens with zero attached hydrogens (tertiary/aromatic N) is 2. The van der Waals surface area contributed by atoms with Gasteiger partial charge in [0.15, 0.2) is 0 Å². The fourth-order valence-electron chi connectivity index (χ4n) is 2.02. The zero-order valence-corrected chi connectivity index (χ0v) is 12.6. The zero-order valence-electron chi connectivity index (χ0n) is 12.6. The maximum Gasteiger partial charge on any atom is 0.219 e. The molecule has 21 heavy (non-hydrogen) atoms. The summed E-state index contributed by atoms with van der Waals surface area (Å²) < 4.78 is 5.76. The van der Waals surface area contributed by atoms with Crippen molar-refractivity contribution in [1.29, 1.82) is 5.26 Å². The lowest BCUT2D eigenvalue weighted by atomic mass is 10.1. The molecule has 2 aromatic rings. The number of pyridine rings is 1. The number of hydrogen-bond donors (Lipinski definition) is 1. The van der Waals surface area contributed by atoms with E-state index in [9.17, 15) is 0 Å². The van der Waals surface area contributed by atoms with E-state index < -0.39 is 0 Å². The van der Waals surface area contributed by atoms with Gasteiger partial charge in [0.25, 0.3) is 0 Å². The molecule has 1 unspecified atom stereocenters. The predicted molar refractivity (Wildman–Crippen MR) is 82.3 cm³/mol. The first-order valence-electron chi connectivity index (χ1n) is 7.02. The van der Waals surface area contributed by atoms with E-state index in [-0.39, 0.29) is 6.04 Å². The van der Waals surface area contributed by atoms with Gasteiger partial charge in [-0.15, -0.1) is 0 Å². The van der Waals surface area contributed by atoms with E-state index in [0.717, 1.165) is 17.7 Å². The van der Waals surface area contributed by atoms with Gasteiger partial charge in [-0.2, -0.15) is 5.26 Å². The second-order valence-corrected chi connectivity index (χ2v) is 4.90. The molecular weight excluding hydrogens is 262 g/mol. The molecular formula is C17H19N3O. The SMILES string of the molecule is CCNC(C)c1ccc(Oc2cc(C#N)ccc2C)nc1. The molecule has 0 spiro atoms. The molecule has 4 heteroatoms. The first kappa shape index (κ1) is 15.0. The summed E-state index contributed by atoms with van der Waals surface area (Å²) in [5.41, 5.74) is 2.67. The average molecular weight is 281 g/mol.